The zero-order valence-corrected chi connectivity index (χ0v) is 14.8. The molecular formula is C18H24ClN3O2. The van der Waals surface area contributed by atoms with E-state index >= 15 is 0 Å². The molecule has 2 aliphatic heterocycles. The Bertz CT molecular complexity index is 597. The molecule has 2 aliphatic rings. The van der Waals surface area contributed by atoms with Gasteiger partial charge in [-0.2, -0.15) is 0 Å². The molecule has 0 aromatic heterocycles. The highest BCUT2D eigenvalue weighted by Crippen LogP contribution is 2.22. The Morgan fingerprint density at radius 3 is 2.50 bits per heavy atom. The van der Waals surface area contributed by atoms with Gasteiger partial charge in [0.2, 0.25) is 11.8 Å². The van der Waals surface area contributed by atoms with Crippen molar-refractivity contribution in [2.24, 2.45) is 5.92 Å². The first-order chi connectivity index (χ1) is 11.5. The predicted molar refractivity (Wildman–Crippen MR) is 93.7 cm³/mol. The topological polar surface area (TPSA) is 43.9 Å². The van der Waals surface area contributed by atoms with Gasteiger partial charge in [0.25, 0.3) is 0 Å². The Balaban J connectivity index is 1.61. The molecule has 1 unspecified atom stereocenters. The molecule has 0 N–H and O–H groups in total. The zero-order valence-electron chi connectivity index (χ0n) is 14.1. The van der Waals surface area contributed by atoms with E-state index in [2.05, 4.69) is 11.9 Å². The Labute approximate surface area is 148 Å². The molecule has 1 atom stereocenters. The van der Waals surface area contributed by atoms with Crippen LogP contribution in [0.3, 0.4) is 0 Å². The van der Waals surface area contributed by atoms with Gasteiger partial charge in [-0.05, 0) is 31.2 Å². The highest BCUT2D eigenvalue weighted by Gasteiger charge is 2.33. The van der Waals surface area contributed by atoms with Crippen molar-refractivity contribution in [3.05, 3.63) is 34.9 Å². The van der Waals surface area contributed by atoms with Crippen molar-refractivity contribution < 1.29 is 9.59 Å². The lowest BCUT2D eigenvalue weighted by Crippen LogP contribution is -2.52. The molecule has 0 spiro atoms. The molecule has 6 heteroatoms. The van der Waals surface area contributed by atoms with E-state index in [0.717, 1.165) is 31.7 Å². The number of benzene rings is 1. The smallest absolute Gasteiger partial charge is 0.227 e. The van der Waals surface area contributed by atoms with Crippen molar-refractivity contribution in [3.63, 3.8) is 0 Å². The number of halogens is 1. The molecule has 2 amide bonds. The maximum atomic E-state index is 12.8. The summed E-state index contributed by atoms with van der Waals surface area (Å²) in [6, 6.07) is 7.53. The summed E-state index contributed by atoms with van der Waals surface area (Å²) in [5.41, 5.74) is 1.04. The van der Waals surface area contributed by atoms with Crippen molar-refractivity contribution in [2.45, 2.75) is 19.4 Å². The molecular weight excluding hydrogens is 326 g/mol. The van der Waals surface area contributed by atoms with Gasteiger partial charge in [-0.1, -0.05) is 23.7 Å². The van der Waals surface area contributed by atoms with Crippen LogP contribution in [0.2, 0.25) is 5.02 Å². The van der Waals surface area contributed by atoms with E-state index in [9.17, 15) is 9.59 Å². The van der Waals surface area contributed by atoms with E-state index in [1.165, 1.54) is 0 Å². The minimum absolute atomic E-state index is 0.0709. The maximum Gasteiger partial charge on any atom is 0.227 e. The van der Waals surface area contributed by atoms with E-state index < -0.39 is 0 Å². The zero-order chi connectivity index (χ0) is 17.1. The number of amides is 2. The van der Waals surface area contributed by atoms with E-state index in [0.29, 0.717) is 31.0 Å². The summed E-state index contributed by atoms with van der Waals surface area (Å²) in [7, 11) is 2.08. The van der Waals surface area contributed by atoms with Crippen molar-refractivity contribution in [1.82, 2.24) is 14.7 Å². The van der Waals surface area contributed by atoms with E-state index in [1.54, 1.807) is 0 Å². The van der Waals surface area contributed by atoms with Gasteiger partial charge in [0.05, 0.1) is 5.92 Å². The molecule has 1 aromatic rings. The molecule has 0 aliphatic carbocycles. The number of rotatable bonds is 3. The second-order valence-corrected chi connectivity index (χ2v) is 7.20. The van der Waals surface area contributed by atoms with Crippen LogP contribution in [0, 0.1) is 5.92 Å². The summed E-state index contributed by atoms with van der Waals surface area (Å²) in [4.78, 5) is 31.0. The lowest BCUT2D eigenvalue weighted by molar-refractivity contribution is -0.144. The Kier molecular flexibility index (Phi) is 5.41. The third-order valence-corrected chi connectivity index (χ3v) is 5.20. The van der Waals surface area contributed by atoms with Crippen molar-refractivity contribution >= 4 is 23.4 Å². The summed E-state index contributed by atoms with van der Waals surface area (Å²) in [6.07, 6.45) is 1.12. The fourth-order valence-corrected chi connectivity index (χ4v) is 3.49. The van der Waals surface area contributed by atoms with Crippen LogP contribution in [0.4, 0.5) is 0 Å². The number of piperazine rings is 1. The van der Waals surface area contributed by atoms with E-state index in [-0.39, 0.29) is 17.7 Å². The first kappa shape index (κ1) is 17.2. The molecule has 2 saturated heterocycles. The van der Waals surface area contributed by atoms with Crippen LogP contribution in [-0.4, -0.2) is 66.3 Å². The van der Waals surface area contributed by atoms with Crippen LogP contribution in [0.25, 0.3) is 0 Å². The normalized spacial score (nSPS) is 22.8. The second-order valence-electron chi connectivity index (χ2n) is 6.76. The number of likely N-dealkylation sites (N-methyl/N-ethyl adjacent to an activating group) is 1. The highest BCUT2D eigenvalue weighted by atomic mass is 35.5. The van der Waals surface area contributed by atoms with E-state index in [1.807, 2.05) is 34.1 Å². The minimum Gasteiger partial charge on any atom is -0.340 e. The number of hydrogen-bond acceptors (Lipinski definition) is 3. The van der Waals surface area contributed by atoms with Crippen molar-refractivity contribution in [2.75, 3.05) is 39.8 Å². The van der Waals surface area contributed by atoms with Crippen LogP contribution in [0.15, 0.2) is 24.3 Å². The number of piperidine rings is 1. The maximum absolute atomic E-state index is 12.8. The molecule has 0 saturated carbocycles. The largest absolute Gasteiger partial charge is 0.340 e. The number of likely N-dealkylation sites (tertiary alicyclic amines) is 1. The molecule has 3 rings (SSSR count). The highest BCUT2D eigenvalue weighted by molar-refractivity contribution is 6.30. The van der Waals surface area contributed by atoms with Gasteiger partial charge in [0.1, 0.15) is 0 Å². The molecule has 5 nitrogen and oxygen atoms in total. The molecule has 2 heterocycles. The summed E-state index contributed by atoms with van der Waals surface area (Å²) in [6.45, 7) is 4.49. The van der Waals surface area contributed by atoms with E-state index in [4.69, 9.17) is 11.6 Å². The van der Waals surface area contributed by atoms with Gasteiger partial charge in [0.15, 0.2) is 0 Å². The van der Waals surface area contributed by atoms with Crippen molar-refractivity contribution in [1.29, 1.82) is 0 Å². The fourth-order valence-electron chi connectivity index (χ4n) is 3.36. The average Bonchev–Trinajstić information content (AvgIpc) is 2.59. The third kappa shape index (κ3) is 4.08. The van der Waals surface area contributed by atoms with Gasteiger partial charge >= 0.3 is 0 Å². The second kappa shape index (κ2) is 7.53. The Hall–Kier alpha value is -1.59. The number of carbonyl (C=O) groups is 2. The fraction of sp³-hybridized carbons (Fsp3) is 0.556. The summed E-state index contributed by atoms with van der Waals surface area (Å²) in [5.74, 6) is 0.266. The van der Waals surface area contributed by atoms with Crippen LogP contribution >= 0.6 is 11.6 Å². The van der Waals surface area contributed by atoms with Crippen molar-refractivity contribution in [3.8, 4) is 0 Å². The monoisotopic (exact) mass is 349 g/mol. The molecule has 1 aromatic carbocycles. The number of nitrogens with zero attached hydrogens (tertiary/aromatic N) is 3. The van der Waals surface area contributed by atoms with Crippen LogP contribution in [0.1, 0.15) is 18.4 Å². The SMILES string of the molecule is CN1CCN(C(=O)C2CCC(=O)N(Cc3ccc(Cl)cc3)C2)CC1. The van der Waals surface area contributed by atoms with Crippen LogP contribution in [-0.2, 0) is 16.1 Å². The third-order valence-electron chi connectivity index (χ3n) is 4.95. The predicted octanol–water partition coefficient (Wildman–Crippen LogP) is 1.85. The minimum atomic E-state index is -0.0709. The molecule has 24 heavy (non-hydrogen) atoms. The van der Waals surface area contributed by atoms with Gasteiger partial charge in [0, 0.05) is 50.7 Å². The quantitative estimate of drug-likeness (QED) is 0.836. The van der Waals surface area contributed by atoms with Crippen LogP contribution < -0.4 is 0 Å². The number of carbonyl (C=O) groups excluding carboxylic acids is 2. The molecule has 130 valence electrons. The average molecular weight is 350 g/mol. The standard InChI is InChI=1S/C18H24ClN3O2/c1-20-8-10-21(11-9-20)18(24)15-4-7-17(23)22(13-15)12-14-2-5-16(19)6-3-14/h2-3,5-6,15H,4,7-13H2,1H3. The summed E-state index contributed by atoms with van der Waals surface area (Å²) in [5, 5.41) is 0.687. The van der Waals surface area contributed by atoms with Crippen LogP contribution in [0.5, 0.6) is 0 Å². The summed E-state index contributed by atoms with van der Waals surface area (Å²) >= 11 is 5.91. The Morgan fingerprint density at radius 2 is 1.83 bits per heavy atom. The van der Waals surface area contributed by atoms with Gasteiger partial charge in [-0.15, -0.1) is 0 Å². The van der Waals surface area contributed by atoms with Gasteiger partial charge in [-0.25, -0.2) is 0 Å². The molecule has 2 fully saturated rings. The molecule has 0 radical (unpaired) electrons. The molecule has 0 bridgehead atoms. The first-order valence-electron chi connectivity index (χ1n) is 8.52. The lowest BCUT2D eigenvalue weighted by atomic mass is 9.95. The summed E-state index contributed by atoms with van der Waals surface area (Å²) < 4.78 is 0. The van der Waals surface area contributed by atoms with Gasteiger partial charge in [-0.3, -0.25) is 9.59 Å². The Morgan fingerprint density at radius 1 is 1.17 bits per heavy atom. The lowest BCUT2D eigenvalue weighted by Gasteiger charge is -2.38. The number of hydrogen-bond donors (Lipinski definition) is 0. The first-order valence-corrected chi connectivity index (χ1v) is 8.90. The van der Waals surface area contributed by atoms with Gasteiger partial charge < -0.3 is 14.7 Å².